The van der Waals surface area contributed by atoms with Gasteiger partial charge in [0.2, 0.25) is 0 Å². The lowest BCUT2D eigenvalue weighted by Gasteiger charge is -2.11. The molecule has 38 heavy (non-hydrogen) atoms. The molecule has 0 amide bonds. The second kappa shape index (κ2) is 27.5. The number of hydrogen-bond acceptors (Lipinski definition) is 4. The van der Waals surface area contributed by atoms with Gasteiger partial charge in [0.1, 0.15) is 0 Å². The van der Waals surface area contributed by atoms with Crippen LogP contribution in [0.1, 0.15) is 176 Å². The quantitative estimate of drug-likeness (QED) is 0.0734. The Morgan fingerprint density at radius 1 is 0.447 bits per heavy atom. The summed E-state index contributed by atoms with van der Waals surface area (Å²) in [4.78, 5) is 23.7. The molecule has 1 unspecified atom stereocenters. The van der Waals surface area contributed by atoms with E-state index in [0.29, 0.717) is 32.0 Å². The van der Waals surface area contributed by atoms with Crippen LogP contribution in [0.15, 0.2) is 0 Å². The maximum atomic E-state index is 11.9. The molecule has 0 aromatic heterocycles. The Morgan fingerprint density at radius 2 is 0.816 bits per heavy atom. The van der Waals surface area contributed by atoms with E-state index < -0.39 is 0 Å². The van der Waals surface area contributed by atoms with E-state index in [1.54, 1.807) is 0 Å². The summed E-state index contributed by atoms with van der Waals surface area (Å²) in [5, 5.41) is 0. The topological polar surface area (TPSA) is 52.6 Å². The highest BCUT2D eigenvalue weighted by molar-refractivity contribution is 5.69. The van der Waals surface area contributed by atoms with Gasteiger partial charge in [-0.05, 0) is 49.9 Å². The van der Waals surface area contributed by atoms with Crippen molar-refractivity contribution >= 4 is 11.9 Å². The van der Waals surface area contributed by atoms with Gasteiger partial charge in [-0.2, -0.15) is 0 Å². The third kappa shape index (κ3) is 29.5. The molecular formula is C34H66O4. The second-order valence-electron chi connectivity index (χ2n) is 12.7. The van der Waals surface area contributed by atoms with E-state index in [1.807, 2.05) is 0 Å². The molecule has 0 aliphatic heterocycles. The Labute approximate surface area is 237 Å². The molecule has 0 rings (SSSR count). The standard InChI is InChI=1S/C34H66O4/c1-30(2)23-19-21-27-37-33(35)26-18-16-14-12-10-8-6-7-9-11-13-15-17-25-32(5)29-34(36)38-28-22-20-24-31(3)4/h30-32H,6-29H2,1-5H3. The minimum atomic E-state index is -0.00926. The molecule has 0 aliphatic carbocycles. The Kier molecular flexibility index (Phi) is 26.7. The van der Waals surface area contributed by atoms with Gasteiger partial charge in [0, 0.05) is 12.8 Å². The molecule has 0 spiro atoms. The van der Waals surface area contributed by atoms with Crippen LogP contribution in [0.3, 0.4) is 0 Å². The van der Waals surface area contributed by atoms with E-state index in [1.165, 1.54) is 83.5 Å². The molecule has 1 atom stereocenters. The van der Waals surface area contributed by atoms with Gasteiger partial charge in [-0.3, -0.25) is 9.59 Å². The van der Waals surface area contributed by atoms with Crippen LogP contribution < -0.4 is 0 Å². The fraction of sp³-hybridized carbons (Fsp3) is 0.941. The number of ether oxygens (including phenoxy) is 2. The molecule has 0 saturated heterocycles. The number of carbonyl (C=O) groups is 2. The summed E-state index contributed by atoms with van der Waals surface area (Å²) in [6, 6.07) is 0. The lowest BCUT2D eigenvalue weighted by Crippen LogP contribution is -2.10. The molecule has 0 aromatic carbocycles. The molecule has 0 N–H and O–H groups in total. The van der Waals surface area contributed by atoms with E-state index in [2.05, 4.69) is 34.6 Å². The van der Waals surface area contributed by atoms with Gasteiger partial charge in [0.05, 0.1) is 13.2 Å². The molecule has 0 fully saturated rings. The molecule has 4 heteroatoms. The van der Waals surface area contributed by atoms with Crippen molar-refractivity contribution in [1.82, 2.24) is 0 Å². The Morgan fingerprint density at radius 3 is 1.26 bits per heavy atom. The van der Waals surface area contributed by atoms with E-state index >= 15 is 0 Å². The van der Waals surface area contributed by atoms with Gasteiger partial charge in [-0.15, -0.1) is 0 Å². The predicted molar refractivity (Wildman–Crippen MR) is 162 cm³/mol. The normalized spacial score (nSPS) is 12.3. The molecule has 0 saturated carbocycles. The zero-order valence-electron chi connectivity index (χ0n) is 26.3. The minimum absolute atomic E-state index is 0.00740. The van der Waals surface area contributed by atoms with E-state index in [9.17, 15) is 9.59 Å². The van der Waals surface area contributed by atoms with Gasteiger partial charge < -0.3 is 9.47 Å². The number of carbonyl (C=O) groups excluding carboxylic acids is 2. The van der Waals surface area contributed by atoms with Crippen molar-refractivity contribution in [3.8, 4) is 0 Å². The zero-order valence-corrected chi connectivity index (χ0v) is 26.3. The first-order valence-corrected chi connectivity index (χ1v) is 16.6. The molecule has 0 radical (unpaired) electrons. The van der Waals surface area contributed by atoms with Crippen LogP contribution in [0.2, 0.25) is 0 Å². The SMILES string of the molecule is CC(C)CCCCOC(=O)CCCCCCCCCCCCCCCC(C)CC(=O)OCCCCC(C)C. The maximum absolute atomic E-state index is 11.9. The zero-order chi connectivity index (χ0) is 28.3. The third-order valence-electron chi connectivity index (χ3n) is 7.47. The smallest absolute Gasteiger partial charge is 0.306 e. The summed E-state index contributed by atoms with van der Waals surface area (Å²) in [6.45, 7) is 12.3. The van der Waals surface area contributed by atoms with Crippen molar-refractivity contribution in [2.24, 2.45) is 17.8 Å². The third-order valence-corrected chi connectivity index (χ3v) is 7.47. The first-order chi connectivity index (χ1) is 18.3. The summed E-state index contributed by atoms with van der Waals surface area (Å²) >= 11 is 0. The fourth-order valence-corrected chi connectivity index (χ4v) is 4.91. The average Bonchev–Trinajstić information content (AvgIpc) is 2.85. The predicted octanol–water partition coefficient (Wildman–Crippen LogP) is 10.6. The lowest BCUT2D eigenvalue weighted by atomic mass is 9.98. The van der Waals surface area contributed by atoms with Crippen molar-refractivity contribution < 1.29 is 19.1 Å². The van der Waals surface area contributed by atoms with Crippen molar-refractivity contribution in [2.75, 3.05) is 13.2 Å². The van der Waals surface area contributed by atoms with Gasteiger partial charge in [-0.1, -0.05) is 131 Å². The average molecular weight is 539 g/mol. The largest absolute Gasteiger partial charge is 0.466 e. The Balaban J connectivity index is 3.30. The number of unbranched alkanes of at least 4 members (excludes halogenated alkanes) is 14. The lowest BCUT2D eigenvalue weighted by molar-refractivity contribution is -0.145. The van der Waals surface area contributed by atoms with E-state index in [-0.39, 0.29) is 11.9 Å². The van der Waals surface area contributed by atoms with Crippen LogP contribution in [-0.4, -0.2) is 25.2 Å². The van der Waals surface area contributed by atoms with Gasteiger partial charge in [0.15, 0.2) is 0 Å². The van der Waals surface area contributed by atoms with E-state index in [4.69, 9.17) is 9.47 Å². The van der Waals surface area contributed by atoms with Crippen molar-refractivity contribution in [3.05, 3.63) is 0 Å². The highest BCUT2D eigenvalue weighted by Crippen LogP contribution is 2.17. The summed E-state index contributed by atoms with van der Waals surface area (Å²) in [7, 11) is 0. The maximum Gasteiger partial charge on any atom is 0.306 e. The van der Waals surface area contributed by atoms with Crippen LogP contribution in [-0.2, 0) is 19.1 Å². The Hall–Kier alpha value is -1.06. The molecular weight excluding hydrogens is 472 g/mol. The molecule has 0 aromatic rings. The summed E-state index contributed by atoms with van der Waals surface area (Å²) < 4.78 is 10.7. The summed E-state index contributed by atoms with van der Waals surface area (Å²) in [6.07, 6.45) is 25.7. The first-order valence-electron chi connectivity index (χ1n) is 16.6. The monoisotopic (exact) mass is 538 g/mol. The van der Waals surface area contributed by atoms with Crippen LogP contribution >= 0.6 is 0 Å². The highest BCUT2D eigenvalue weighted by Gasteiger charge is 2.10. The number of hydrogen-bond donors (Lipinski definition) is 0. The van der Waals surface area contributed by atoms with Crippen LogP contribution in [0.25, 0.3) is 0 Å². The van der Waals surface area contributed by atoms with Gasteiger partial charge >= 0.3 is 11.9 Å². The molecule has 0 bridgehead atoms. The summed E-state index contributed by atoms with van der Waals surface area (Å²) in [5.41, 5.74) is 0. The molecule has 0 heterocycles. The molecule has 0 aliphatic rings. The van der Waals surface area contributed by atoms with Crippen molar-refractivity contribution in [3.63, 3.8) is 0 Å². The number of esters is 2. The van der Waals surface area contributed by atoms with Crippen LogP contribution in [0.4, 0.5) is 0 Å². The molecule has 226 valence electrons. The summed E-state index contributed by atoms with van der Waals surface area (Å²) in [5.74, 6) is 1.89. The Bertz CT molecular complexity index is 529. The van der Waals surface area contributed by atoms with Crippen molar-refractivity contribution in [1.29, 1.82) is 0 Å². The van der Waals surface area contributed by atoms with Gasteiger partial charge in [-0.25, -0.2) is 0 Å². The van der Waals surface area contributed by atoms with Crippen LogP contribution in [0, 0.1) is 17.8 Å². The fourth-order valence-electron chi connectivity index (χ4n) is 4.91. The number of rotatable bonds is 28. The van der Waals surface area contributed by atoms with E-state index in [0.717, 1.165) is 56.8 Å². The molecule has 4 nitrogen and oxygen atoms in total. The second-order valence-corrected chi connectivity index (χ2v) is 12.7. The first kappa shape index (κ1) is 36.9. The van der Waals surface area contributed by atoms with Gasteiger partial charge in [0.25, 0.3) is 0 Å². The minimum Gasteiger partial charge on any atom is -0.466 e. The van der Waals surface area contributed by atoms with Crippen molar-refractivity contribution in [2.45, 2.75) is 176 Å². The highest BCUT2D eigenvalue weighted by atomic mass is 16.5. The van der Waals surface area contributed by atoms with Crippen LogP contribution in [0.5, 0.6) is 0 Å².